The first kappa shape index (κ1) is 20.2. The maximum atomic E-state index is 12.1. The van der Waals surface area contributed by atoms with Gasteiger partial charge in [-0.05, 0) is 35.6 Å². The Balaban J connectivity index is 1.27. The number of aryl methyl sites for hydroxylation is 1. The maximum Gasteiger partial charge on any atom is 0.225 e. The molecule has 0 spiro atoms. The largest absolute Gasteiger partial charge is 0.378 e. The number of carbonyl (C=O) groups is 1. The summed E-state index contributed by atoms with van der Waals surface area (Å²) in [6.07, 6.45) is 10.0. The minimum atomic E-state index is 0.261. The van der Waals surface area contributed by atoms with E-state index >= 15 is 0 Å². The summed E-state index contributed by atoms with van der Waals surface area (Å²) in [6, 6.07) is 12.2. The Morgan fingerprint density at radius 3 is 2.40 bits per heavy atom. The second-order valence-electron chi connectivity index (χ2n) is 7.50. The fourth-order valence-electron chi connectivity index (χ4n) is 3.57. The van der Waals surface area contributed by atoms with Gasteiger partial charge in [0.25, 0.3) is 0 Å². The fourth-order valence-corrected chi connectivity index (χ4v) is 3.57. The highest BCUT2D eigenvalue weighted by Crippen LogP contribution is 2.21. The Hall–Kier alpha value is -3.12. The number of pyridine rings is 1. The van der Waals surface area contributed by atoms with Crippen LogP contribution in [0.2, 0.25) is 0 Å². The van der Waals surface area contributed by atoms with Crippen molar-refractivity contribution in [2.75, 3.05) is 31.2 Å². The first-order valence-corrected chi connectivity index (χ1v) is 10.4. The zero-order valence-corrected chi connectivity index (χ0v) is 17.0. The van der Waals surface area contributed by atoms with Gasteiger partial charge in [-0.15, -0.1) is 0 Å². The molecule has 0 saturated carbocycles. The van der Waals surface area contributed by atoms with Gasteiger partial charge in [0.1, 0.15) is 5.78 Å². The zero-order valence-electron chi connectivity index (χ0n) is 17.0. The molecule has 30 heavy (non-hydrogen) atoms. The number of rotatable bonds is 8. The zero-order chi connectivity index (χ0) is 20.6. The monoisotopic (exact) mass is 402 g/mol. The number of hydrogen-bond donors (Lipinski definition) is 0. The number of ether oxygens (including phenoxy) is 1. The summed E-state index contributed by atoms with van der Waals surface area (Å²) in [5.74, 6) is 1.02. The number of carbonyl (C=O) groups excluding carboxylic acids is 1. The minimum Gasteiger partial charge on any atom is -0.378 e. The number of aromatic nitrogens is 3. The molecule has 4 rings (SSSR count). The van der Waals surface area contributed by atoms with E-state index in [4.69, 9.17) is 4.74 Å². The third-order valence-corrected chi connectivity index (χ3v) is 5.26. The molecule has 1 aliphatic rings. The molecular weight excluding hydrogens is 376 g/mol. The summed E-state index contributed by atoms with van der Waals surface area (Å²) >= 11 is 0. The Morgan fingerprint density at radius 2 is 1.70 bits per heavy atom. The van der Waals surface area contributed by atoms with E-state index in [1.54, 1.807) is 12.4 Å². The van der Waals surface area contributed by atoms with Gasteiger partial charge < -0.3 is 9.64 Å². The highest BCUT2D eigenvalue weighted by Gasteiger charge is 2.13. The molecule has 1 aliphatic heterocycles. The second-order valence-corrected chi connectivity index (χ2v) is 7.50. The lowest BCUT2D eigenvalue weighted by molar-refractivity contribution is -0.118. The van der Waals surface area contributed by atoms with Crippen LogP contribution in [-0.4, -0.2) is 47.0 Å². The van der Waals surface area contributed by atoms with E-state index in [0.717, 1.165) is 61.8 Å². The molecule has 3 aromatic rings. The lowest BCUT2D eigenvalue weighted by Crippen LogP contribution is -2.37. The maximum absolute atomic E-state index is 12.1. The number of Topliss-reactive ketones (excluding diaryl/α,β-unsaturated/α-hetero) is 1. The number of hydrogen-bond acceptors (Lipinski definition) is 6. The summed E-state index contributed by atoms with van der Waals surface area (Å²) in [5, 5.41) is 0. The standard InChI is InChI=1S/C24H26N4O2/c29-23(15-20-4-2-10-25-16-20)5-1-3-19-6-8-21(9-7-19)22-17-26-24(27-18-22)28-11-13-30-14-12-28/h2,4,6-10,16-18H,1,3,5,11-15H2. The van der Waals surface area contributed by atoms with Crippen molar-refractivity contribution in [2.45, 2.75) is 25.7 Å². The van der Waals surface area contributed by atoms with Crippen LogP contribution in [0, 0.1) is 0 Å². The van der Waals surface area contributed by atoms with E-state index < -0.39 is 0 Å². The van der Waals surface area contributed by atoms with Gasteiger partial charge in [-0.3, -0.25) is 9.78 Å². The van der Waals surface area contributed by atoms with Crippen molar-refractivity contribution < 1.29 is 9.53 Å². The molecule has 0 aliphatic carbocycles. The lowest BCUT2D eigenvalue weighted by Gasteiger charge is -2.26. The van der Waals surface area contributed by atoms with E-state index in [-0.39, 0.29) is 5.78 Å². The van der Waals surface area contributed by atoms with E-state index in [0.29, 0.717) is 12.8 Å². The van der Waals surface area contributed by atoms with Crippen LogP contribution in [0.3, 0.4) is 0 Å². The van der Waals surface area contributed by atoms with Gasteiger partial charge in [0.2, 0.25) is 5.95 Å². The van der Waals surface area contributed by atoms with Crippen LogP contribution < -0.4 is 4.90 Å². The molecule has 0 N–H and O–H groups in total. The first-order chi connectivity index (χ1) is 14.8. The minimum absolute atomic E-state index is 0.261. The van der Waals surface area contributed by atoms with Crippen molar-refractivity contribution in [3.63, 3.8) is 0 Å². The van der Waals surface area contributed by atoms with Gasteiger partial charge in [0.15, 0.2) is 0 Å². The molecule has 154 valence electrons. The van der Waals surface area contributed by atoms with Crippen molar-refractivity contribution >= 4 is 11.7 Å². The predicted molar refractivity (Wildman–Crippen MR) is 116 cm³/mol. The molecule has 2 aromatic heterocycles. The molecule has 0 unspecified atom stereocenters. The molecule has 6 nitrogen and oxygen atoms in total. The molecule has 1 saturated heterocycles. The Morgan fingerprint density at radius 1 is 0.933 bits per heavy atom. The molecule has 0 radical (unpaired) electrons. The van der Waals surface area contributed by atoms with Crippen LogP contribution in [0.25, 0.3) is 11.1 Å². The fraction of sp³-hybridized carbons (Fsp3) is 0.333. The SMILES string of the molecule is O=C(CCCc1ccc(-c2cnc(N3CCOCC3)nc2)cc1)Cc1cccnc1. The number of ketones is 1. The van der Waals surface area contributed by atoms with Crippen molar-refractivity contribution in [1.82, 2.24) is 15.0 Å². The average Bonchev–Trinajstić information content (AvgIpc) is 2.81. The number of benzene rings is 1. The van der Waals surface area contributed by atoms with Gasteiger partial charge in [-0.1, -0.05) is 30.3 Å². The molecule has 0 amide bonds. The highest BCUT2D eigenvalue weighted by molar-refractivity contribution is 5.80. The molecule has 1 fully saturated rings. The van der Waals surface area contributed by atoms with Crippen LogP contribution in [0.15, 0.2) is 61.2 Å². The van der Waals surface area contributed by atoms with Crippen LogP contribution in [0.1, 0.15) is 24.0 Å². The molecule has 0 atom stereocenters. The quantitative estimate of drug-likeness (QED) is 0.574. The molecule has 3 heterocycles. The van der Waals surface area contributed by atoms with Crippen LogP contribution in [0.5, 0.6) is 0 Å². The molecular formula is C24H26N4O2. The average molecular weight is 402 g/mol. The number of anilines is 1. The first-order valence-electron chi connectivity index (χ1n) is 10.4. The van der Waals surface area contributed by atoms with Gasteiger partial charge in [-0.2, -0.15) is 0 Å². The van der Waals surface area contributed by atoms with E-state index in [1.165, 1.54) is 5.56 Å². The second kappa shape index (κ2) is 10.1. The summed E-state index contributed by atoms with van der Waals surface area (Å²) in [7, 11) is 0. The van der Waals surface area contributed by atoms with Crippen molar-refractivity contribution in [3.8, 4) is 11.1 Å². The third-order valence-electron chi connectivity index (χ3n) is 5.26. The highest BCUT2D eigenvalue weighted by atomic mass is 16.5. The van der Waals surface area contributed by atoms with Crippen LogP contribution >= 0.6 is 0 Å². The van der Waals surface area contributed by atoms with Crippen molar-refractivity contribution in [2.24, 2.45) is 0 Å². The third kappa shape index (κ3) is 5.48. The molecule has 1 aromatic carbocycles. The van der Waals surface area contributed by atoms with Gasteiger partial charge in [-0.25, -0.2) is 9.97 Å². The number of nitrogens with zero attached hydrogens (tertiary/aromatic N) is 4. The summed E-state index contributed by atoms with van der Waals surface area (Å²) in [5.41, 5.74) is 4.32. The van der Waals surface area contributed by atoms with E-state index in [2.05, 4.69) is 44.1 Å². The van der Waals surface area contributed by atoms with Gasteiger partial charge >= 0.3 is 0 Å². The number of morpholine rings is 1. The predicted octanol–water partition coefficient (Wildman–Crippen LogP) is 3.51. The van der Waals surface area contributed by atoms with Crippen LogP contribution in [-0.2, 0) is 22.4 Å². The van der Waals surface area contributed by atoms with Crippen molar-refractivity contribution in [3.05, 3.63) is 72.3 Å². The Bertz CT molecular complexity index is 937. The summed E-state index contributed by atoms with van der Waals surface area (Å²) in [4.78, 5) is 27.4. The smallest absolute Gasteiger partial charge is 0.225 e. The topological polar surface area (TPSA) is 68.2 Å². The Kier molecular flexibility index (Phi) is 6.77. The van der Waals surface area contributed by atoms with Gasteiger partial charge in [0.05, 0.1) is 13.2 Å². The molecule has 0 bridgehead atoms. The van der Waals surface area contributed by atoms with E-state index in [9.17, 15) is 4.79 Å². The summed E-state index contributed by atoms with van der Waals surface area (Å²) in [6.45, 7) is 3.11. The van der Waals surface area contributed by atoms with E-state index in [1.807, 2.05) is 24.5 Å². The summed E-state index contributed by atoms with van der Waals surface area (Å²) < 4.78 is 5.37. The van der Waals surface area contributed by atoms with Gasteiger partial charge in [0, 0.05) is 56.3 Å². The Labute approximate surface area is 177 Å². The normalized spacial score (nSPS) is 13.9. The van der Waals surface area contributed by atoms with Crippen LogP contribution in [0.4, 0.5) is 5.95 Å². The lowest BCUT2D eigenvalue weighted by atomic mass is 10.0. The molecule has 6 heteroatoms. The van der Waals surface area contributed by atoms with Crippen molar-refractivity contribution in [1.29, 1.82) is 0 Å².